The Balaban J connectivity index is 2.17. The molecule has 3 heteroatoms. The number of rotatable bonds is 3. The lowest BCUT2D eigenvalue weighted by atomic mass is 10.1. The highest BCUT2D eigenvalue weighted by Gasteiger charge is 2.22. The lowest BCUT2D eigenvalue weighted by Crippen LogP contribution is -2.27. The van der Waals surface area contributed by atoms with Crippen LogP contribution in [0.4, 0.5) is 0 Å². The van der Waals surface area contributed by atoms with Gasteiger partial charge in [-0.05, 0) is 31.4 Å². The molecule has 0 amide bonds. The first kappa shape index (κ1) is 14.4. The number of benzene rings is 1. The van der Waals surface area contributed by atoms with Gasteiger partial charge in [0.1, 0.15) is 0 Å². The first-order chi connectivity index (χ1) is 10.2. The van der Waals surface area contributed by atoms with Crippen LogP contribution in [0, 0.1) is 6.92 Å². The van der Waals surface area contributed by atoms with Gasteiger partial charge >= 0.3 is 0 Å². The van der Waals surface area contributed by atoms with Crippen molar-refractivity contribution in [3.8, 4) is 11.3 Å². The molecule has 110 valence electrons. The highest BCUT2D eigenvalue weighted by Crippen LogP contribution is 2.32. The molecule has 2 aromatic rings. The second kappa shape index (κ2) is 6.07. The molecule has 0 N–H and O–H groups in total. The van der Waals surface area contributed by atoms with Crippen LogP contribution in [-0.2, 0) is 5.88 Å². The third-order valence-corrected chi connectivity index (χ3v) is 4.66. The number of hydrogen-bond acceptors (Lipinski definition) is 1. The Bertz CT molecular complexity index is 681. The molecule has 0 saturated heterocycles. The van der Waals surface area contributed by atoms with Crippen LogP contribution >= 0.6 is 11.6 Å². The van der Waals surface area contributed by atoms with Crippen LogP contribution in [0.25, 0.3) is 11.3 Å². The van der Waals surface area contributed by atoms with E-state index in [9.17, 15) is 4.79 Å². The van der Waals surface area contributed by atoms with Gasteiger partial charge in [-0.15, -0.1) is 11.6 Å². The number of halogens is 1. The summed E-state index contributed by atoms with van der Waals surface area (Å²) in [6.07, 6.45) is 4.58. The third kappa shape index (κ3) is 2.77. The van der Waals surface area contributed by atoms with Crippen molar-refractivity contribution in [2.75, 3.05) is 0 Å². The van der Waals surface area contributed by atoms with Gasteiger partial charge in [-0.1, -0.05) is 48.7 Å². The molecule has 1 aromatic heterocycles. The molecule has 0 atom stereocenters. The first-order valence-corrected chi connectivity index (χ1v) is 8.11. The molecule has 0 radical (unpaired) electrons. The number of aromatic nitrogens is 1. The van der Waals surface area contributed by atoms with Gasteiger partial charge in [-0.3, -0.25) is 4.79 Å². The summed E-state index contributed by atoms with van der Waals surface area (Å²) in [6.45, 7) is 2.07. The van der Waals surface area contributed by atoms with E-state index in [-0.39, 0.29) is 11.4 Å². The molecule has 1 saturated carbocycles. The second-order valence-corrected chi connectivity index (χ2v) is 6.12. The topological polar surface area (TPSA) is 22.0 Å². The Morgan fingerprint density at radius 3 is 2.38 bits per heavy atom. The lowest BCUT2D eigenvalue weighted by Gasteiger charge is -2.20. The molecule has 21 heavy (non-hydrogen) atoms. The van der Waals surface area contributed by atoms with Crippen molar-refractivity contribution >= 4 is 11.6 Å². The standard InChI is InChI=1S/C18H20ClNO/c1-13-6-8-14(9-7-13)17-11-10-15(12-19)18(21)20(17)16-4-2-3-5-16/h6-11,16H,2-5,12H2,1H3. The van der Waals surface area contributed by atoms with Crippen molar-refractivity contribution in [3.05, 3.63) is 57.9 Å². The molecule has 1 aromatic carbocycles. The van der Waals surface area contributed by atoms with Gasteiger partial charge in [0, 0.05) is 11.6 Å². The fraction of sp³-hybridized carbons (Fsp3) is 0.389. The van der Waals surface area contributed by atoms with Crippen LogP contribution in [-0.4, -0.2) is 4.57 Å². The molecular weight excluding hydrogens is 282 g/mol. The Hall–Kier alpha value is -1.54. The molecule has 0 unspecified atom stereocenters. The quantitative estimate of drug-likeness (QED) is 0.755. The molecule has 0 spiro atoms. The van der Waals surface area contributed by atoms with Crippen molar-refractivity contribution in [2.24, 2.45) is 0 Å². The Morgan fingerprint density at radius 2 is 1.76 bits per heavy atom. The summed E-state index contributed by atoms with van der Waals surface area (Å²) in [5.74, 6) is 0.278. The Kier molecular flexibility index (Phi) is 4.16. The number of hydrogen-bond donors (Lipinski definition) is 0. The molecule has 1 aliphatic carbocycles. The van der Waals surface area contributed by atoms with Gasteiger partial charge in [0.05, 0.1) is 11.6 Å². The Labute approximate surface area is 130 Å². The summed E-state index contributed by atoms with van der Waals surface area (Å²) in [5.41, 5.74) is 4.12. The van der Waals surface area contributed by atoms with Crippen LogP contribution in [0.5, 0.6) is 0 Å². The van der Waals surface area contributed by atoms with Gasteiger partial charge < -0.3 is 4.57 Å². The Morgan fingerprint density at radius 1 is 1.10 bits per heavy atom. The zero-order chi connectivity index (χ0) is 14.8. The van der Waals surface area contributed by atoms with E-state index in [2.05, 4.69) is 31.2 Å². The second-order valence-electron chi connectivity index (χ2n) is 5.86. The molecule has 1 heterocycles. The van der Waals surface area contributed by atoms with E-state index in [1.54, 1.807) is 0 Å². The van der Waals surface area contributed by atoms with Gasteiger partial charge in [0.2, 0.25) is 0 Å². The summed E-state index contributed by atoms with van der Waals surface area (Å²) >= 11 is 5.92. The van der Waals surface area contributed by atoms with E-state index in [4.69, 9.17) is 11.6 Å². The van der Waals surface area contributed by atoms with Crippen LogP contribution in [0.2, 0.25) is 0 Å². The van der Waals surface area contributed by atoms with E-state index in [1.165, 1.54) is 18.4 Å². The predicted octanol–water partition coefficient (Wildman–Crippen LogP) is 4.68. The predicted molar refractivity (Wildman–Crippen MR) is 87.9 cm³/mol. The van der Waals surface area contributed by atoms with Crippen LogP contribution in [0.15, 0.2) is 41.2 Å². The normalized spacial score (nSPS) is 15.5. The monoisotopic (exact) mass is 301 g/mol. The number of aryl methyl sites for hydroxylation is 1. The van der Waals surface area contributed by atoms with Crippen molar-refractivity contribution in [1.29, 1.82) is 0 Å². The van der Waals surface area contributed by atoms with Gasteiger partial charge in [-0.25, -0.2) is 0 Å². The molecule has 2 nitrogen and oxygen atoms in total. The van der Waals surface area contributed by atoms with E-state index in [0.29, 0.717) is 11.6 Å². The molecule has 3 rings (SSSR count). The molecule has 1 fully saturated rings. The third-order valence-electron chi connectivity index (χ3n) is 4.38. The van der Waals surface area contributed by atoms with E-state index in [1.807, 2.05) is 16.7 Å². The maximum atomic E-state index is 12.7. The minimum absolute atomic E-state index is 0.0787. The number of alkyl halides is 1. The van der Waals surface area contributed by atoms with Crippen molar-refractivity contribution in [3.63, 3.8) is 0 Å². The maximum Gasteiger partial charge on any atom is 0.255 e. The van der Waals surface area contributed by atoms with Gasteiger partial charge in [0.25, 0.3) is 5.56 Å². The molecular formula is C18H20ClNO. The van der Waals surface area contributed by atoms with Crippen LogP contribution < -0.4 is 5.56 Å². The lowest BCUT2D eigenvalue weighted by molar-refractivity contribution is 0.506. The summed E-state index contributed by atoms with van der Waals surface area (Å²) in [4.78, 5) is 12.7. The zero-order valence-corrected chi connectivity index (χ0v) is 13.1. The van der Waals surface area contributed by atoms with E-state index < -0.39 is 0 Å². The minimum Gasteiger partial charge on any atom is -0.305 e. The first-order valence-electron chi connectivity index (χ1n) is 7.58. The van der Waals surface area contributed by atoms with Crippen LogP contribution in [0.1, 0.15) is 42.9 Å². The van der Waals surface area contributed by atoms with Gasteiger partial charge in [-0.2, -0.15) is 0 Å². The SMILES string of the molecule is Cc1ccc(-c2ccc(CCl)c(=O)n2C2CCCC2)cc1. The van der Waals surface area contributed by atoms with Crippen molar-refractivity contribution in [2.45, 2.75) is 44.5 Å². The minimum atomic E-state index is 0.0787. The molecule has 0 aliphatic heterocycles. The van der Waals surface area contributed by atoms with Gasteiger partial charge in [0.15, 0.2) is 0 Å². The number of pyridine rings is 1. The summed E-state index contributed by atoms with van der Waals surface area (Å²) in [7, 11) is 0. The highest BCUT2D eigenvalue weighted by atomic mass is 35.5. The molecule has 0 bridgehead atoms. The maximum absolute atomic E-state index is 12.7. The smallest absolute Gasteiger partial charge is 0.255 e. The van der Waals surface area contributed by atoms with Crippen LogP contribution in [0.3, 0.4) is 0 Å². The average molecular weight is 302 g/mol. The van der Waals surface area contributed by atoms with E-state index >= 15 is 0 Å². The van der Waals surface area contributed by atoms with E-state index in [0.717, 1.165) is 24.1 Å². The number of nitrogens with zero attached hydrogens (tertiary/aromatic N) is 1. The molecule has 1 aliphatic rings. The summed E-state index contributed by atoms with van der Waals surface area (Å²) in [6, 6.07) is 12.6. The summed E-state index contributed by atoms with van der Waals surface area (Å²) in [5, 5.41) is 0. The largest absolute Gasteiger partial charge is 0.305 e. The highest BCUT2D eigenvalue weighted by molar-refractivity contribution is 6.17. The zero-order valence-electron chi connectivity index (χ0n) is 12.3. The summed E-state index contributed by atoms with van der Waals surface area (Å²) < 4.78 is 1.98. The fourth-order valence-corrected chi connectivity index (χ4v) is 3.38. The average Bonchev–Trinajstić information content (AvgIpc) is 3.01. The van der Waals surface area contributed by atoms with Crippen molar-refractivity contribution < 1.29 is 0 Å². The fourth-order valence-electron chi connectivity index (χ4n) is 3.18. The van der Waals surface area contributed by atoms with Crippen molar-refractivity contribution in [1.82, 2.24) is 4.57 Å².